The average molecular weight is 1120 g/mol. The third kappa shape index (κ3) is 42.1. The van der Waals surface area contributed by atoms with Crippen LogP contribution in [-0.4, -0.2) is 202 Å². The first-order valence-corrected chi connectivity index (χ1v) is 28.4. The number of quaternary nitrogens is 1. The molecule has 78 heavy (non-hydrogen) atoms. The summed E-state index contributed by atoms with van der Waals surface area (Å²) < 4.78 is 74.5. The SMILES string of the molecule is CC(C)OC1CCCO1.CC(C)OC1OC(=O)c2ccccc21.CC(C)OCC1COC(C)(C)O1.CC(C)OCCN(C)C.CC(C)OCCN1CCOCC1.CC(C)OCC[N+](C)(C)C.Cc1oc(=O)oc1COC(C)C. The summed E-state index contributed by atoms with van der Waals surface area (Å²) in [7, 11) is 10.6. The molecule has 0 spiro atoms. The van der Waals surface area contributed by atoms with Crippen LogP contribution < -0.4 is 5.82 Å². The largest absolute Gasteiger partial charge is 0.519 e. The minimum absolute atomic E-state index is 0.0407. The van der Waals surface area contributed by atoms with Gasteiger partial charge < -0.3 is 75.1 Å². The van der Waals surface area contributed by atoms with Crippen LogP contribution in [0.5, 0.6) is 0 Å². The molecule has 0 bridgehead atoms. The Morgan fingerprint density at radius 1 is 0.705 bits per heavy atom. The number of hydrogen-bond acceptors (Lipinski definition) is 18. The number of hydrogen-bond donors (Lipinski definition) is 0. The number of nitrogens with zero attached hydrogens (tertiary/aromatic N) is 3. The molecule has 2 aromatic rings. The zero-order chi connectivity index (χ0) is 59.4. The van der Waals surface area contributed by atoms with E-state index in [0.717, 1.165) is 95.3 Å². The molecule has 0 aliphatic carbocycles. The predicted molar refractivity (Wildman–Crippen MR) is 306 cm³/mol. The van der Waals surface area contributed by atoms with Crippen molar-refractivity contribution in [1.82, 2.24) is 9.80 Å². The molecule has 3 atom stereocenters. The number of carbonyl (C=O) groups excluding carboxylic acids is 1. The van der Waals surface area contributed by atoms with Crippen molar-refractivity contribution in [3.63, 3.8) is 0 Å². The minimum Gasteiger partial charge on any atom is -0.428 e. The molecule has 19 heteroatoms. The van der Waals surface area contributed by atoms with Crippen LogP contribution >= 0.6 is 0 Å². The van der Waals surface area contributed by atoms with Gasteiger partial charge >= 0.3 is 11.8 Å². The molecule has 0 radical (unpaired) electrons. The first-order valence-electron chi connectivity index (χ1n) is 28.4. The molecule has 0 N–H and O–H groups in total. The highest BCUT2D eigenvalue weighted by molar-refractivity contribution is 5.93. The maximum absolute atomic E-state index is 11.4. The van der Waals surface area contributed by atoms with Crippen LogP contribution in [0.25, 0.3) is 0 Å². The van der Waals surface area contributed by atoms with Crippen molar-refractivity contribution in [2.24, 2.45) is 0 Å². The summed E-state index contributed by atoms with van der Waals surface area (Å²) in [5, 5.41) is 0. The van der Waals surface area contributed by atoms with E-state index in [-0.39, 0.29) is 43.3 Å². The van der Waals surface area contributed by atoms with E-state index in [1.807, 2.05) is 102 Å². The normalized spacial score (nSPS) is 18.8. The lowest BCUT2D eigenvalue weighted by atomic mass is 10.1. The number of rotatable bonds is 22. The van der Waals surface area contributed by atoms with Gasteiger partial charge in [-0.05, 0) is 144 Å². The highest BCUT2D eigenvalue weighted by atomic mass is 16.7. The summed E-state index contributed by atoms with van der Waals surface area (Å²) in [6, 6.07) is 7.30. The molecule has 5 heterocycles. The molecule has 3 saturated heterocycles. The lowest BCUT2D eigenvalue weighted by molar-refractivity contribution is -0.870. The summed E-state index contributed by atoms with van der Waals surface area (Å²) in [5.74, 6) is -0.444. The lowest BCUT2D eigenvalue weighted by Crippen LogP contribution is -2.38. The van der Waals surface area contributed by atoms with Gasteiger partial charge in [-0.1, -0.05) is 18.2 Å². The van der Waals surface area contributed by atoms with Gasteiger partial charge in [-0.15, -0.1) is 0 Å². The first-order chi connectivity index (χ1) is 36.4. The van der Waals surface area contributed by atoms with Gasteiger partial charge in [0.2, 0.25) is 6.29 Å². The van der Waals surface area contributed by atoms with E-state index in [2.05, 4.69) is 76.9 Å². The fraction of sp³-hybridized carbons (Fsp3) is 0.831. The molecule has 4 aliphatic heterocycles. The lowest BCUT2D eigenvalue weighted by Gasteiger charge is -2.26. The second kappa shape index (κ2) is 42.0. The zero-order valence-electron chi connectivity index (χ0n) is 52.8. The molecule has 458 valence electrons. The van der Waals surface area contributed by atoms with Crippen molar-refractivity contribution in [2.75, 3.05) is 121 Å². The van der Waals surface area contributed by atoms with Gasteiger partial charge in [0.05, 0.1) is 116 Å². The Morgan fingerprint density at radius 2 is 1.27 bits per heavy atom. The highest BCUT2D eigenvalue weighted by Gasteiger charge is 2.33. The van der Waals surface area contributed by atoms with E-state index in [1.54, 1.807) is 13.0 Å². The maximum atomic E-state index is 11.4. The van der Waals surface area contributed by atoms with Gasteiger partial charge in [0.1, 0.15) is 25.0 Å². The second-order valence-corrected chi connectivity index (χ2v) is 22.8. The molecular formula is C59H112N3O16+. The number of aryl methyl sites for hydroxylation is 1. The third-order valence-corrected chi connectivity index (χ3v) is 10.6. The quantitative estimate of drug-likeness (QED) is 0.0803. The third-order valence-electron chi connectivity index (χ3n) is 10.6. The van der Waals surface area contributed by atoms with Gasteiger partial charge in [-0.25, -0.2) is 9.59 Å². The molecule has 1 aromatic carbocycles. The smallest absolute Gasteiger partial charge is 0.428 e. The molecule has 6 rings (SSSR count). The molecule has 0 saturated carbocycles. The van der Waals surface area contributed by atoms with Crippen molar-refractivity contribution in [2.45, 2.75) is 204 Å². The molecule has 0 amide bonds. The van der Waals surface area contributed by atoms with Gasteiger partial charge in [-0.2, -0.15) is 0 Å². The van der Waals surface area contributed by atoms with Crippen molar-refractivity contribution >= 4 is 5.97 Å². The molecule has 4 aliphatic rings. The van der Waals surface area contributed by atoms with E-state index >= 15 is 0 Å². The fourth-order valence-electron chi connectivity index (χ4n) is 6.59. The van der Waals surface area contributed by atoms with Crippen LogP contribution in [-0.2, 0) is 63.4 Å². The predicted octanol–water partition coefficient (Wildman–Crippen LogP) is 9.69. The number of likely N-dealkylation sites (N-methyl/N-ethyl adjacent to an activating group) is 2. The topological polar surface area (TPSA) is 178 Å². The molecule has 3 unspecified atom stereocenters. The van der Waals surface area contributed by atoms with Crippen molar-refractivity contribution < 1.29 is 75.0 Å². The Hall–Kier alpha value is -2.86. The number of benzene rings is 1. The standard InChI is InChI=1S/C11H12O3.C9H19NO2.C9H18O3.C8H20NO.C8H12O4.C7H17NO.C7H14O2/c1-7(2)13-11-9-6-4-3-5-8(9)10(12)14-11;1-9(2)12-8-5-10-3-6-11-7-4-10;1-7(2)10-5-8-6-11-9(3,4)12-8;1-8(2)10-7-6-9(3,4)5;1-5(2)10-4-7-6(3)11-8(9)12-7;1-7(2)9-6-5-8(3)4;1-6(2)9-7-4-3-5-8-7/h3-7,11H,1-2H3;9H,3-8H2,1-2H3;7-8H,5-6H2,1-4H3;8H,6-7H2,1-5H3;5H,4H2,1-3H3;7H,5-6H2,1-4H3;6-7H,3-5H2,1-2H3/q;;;+1;;;. The Balaban J connectivity index is 0.000000892. The van der Waals surface area contributed by atoms with Crippen LogP contribution in [0, 0.1) is 6.92 Å². The molecule has 3 fully saturated rings. The summed E-state index contributed by atoms with van der Waals surface area (Å²) in [4.78, 5) is 26.4. The molecular weight excluding hydrogens is 1010 g/mol. The average Bonchev–Trinajstić information content (AvgIpc) is 4.12. The number of carbonyl (C=O) groups is 1. The number of esters is 1. The van der Waals surface area contributed by atoms with Crippen molar-refractivity contribution in [3.05, 3.63) is 57.5 Å². The Labute approximate surface area is 472 Å². The number of morpholine rings is 1. The number of ether oxygens (including phenoxy) is 12. The van der Waals surface area contributed by atoms with E-state index in [1.165, 1.54) is 0 Å². The summed E-state index contributed by atoms with van der Waals surface area (Å²) in [6.45, 7) is 45.6. The summed E-state index contributed by atoms with van der Waals surface area (Å²) in [6.07, 6.45) is 3.68. The van der Waals surface area contributed by atoms with E-state index in [9.17, 15) is 9.59 Å². The summed E-state index contributed by atoms with van der Waals surface area (Å²) >= 11 is 0. The molecule has 19 nitrogen and oxygen atoms in total. The Bertz CT molecular complexity index is 1800. The van der Waals surface area contributed by atoms with Crippen LogP contribution in [0.4, 0.5) is 0 Å². The highest BCUT2D eigenvalue weighted by Crippen LogP contribution is 2.32. The van der Waals surface area contributed by atoms with Crippen LogP contribution in [0.3, 0.4) is 0 Å². The fourth-order valence-corrected chi connectivity index (χ4v) is 6.59. The van der Waals surface area contributed by atoms with Gasteiger partial charge in [-0.3, -0.25) is 4.90 Å². The van der Waals surface area contributed by atoms with Crippen LogP contribution in [0.1, 0.15) is 157 Å². The van der Waals surface area contributed by atoms with Crippen LogP contribution in [0.15, 0.2) is 37.9 Å². The van der Waals surface area contributed by atoms with Gasteiger partial charge in [0, 0.05) is 44.8 Å². The zero-order valence-corrected chi connectivity index (χ0v) is 52.8. The summed E-state index contributed by atoms with van der Waals surface area (Å²) in [5.41, 5.74) is 1.43. The maximum Gasteiger partial charge on any atom is 0.519 e. The minimum atomic E-state index is -0.671. The number of cyclic esters (lactones) is 1. The Morgan fingerprint density at radius 3 is 1.74 bits per heavy atom. The first kappa shape index (κ1) is 75.1. The van der Waals surface area contributed by atoms with E-state index in [4.69, 9.17) is 61.3 Å². The monoisotopic (exact) mass is 1120 g/mol. The number of fused-ring (bicyclic) bond motifs is 1. The van der Waals surface area contributed by atoms with Gasteiger partial charge in [0.25, 0.3) is 0 Å². The molecule has 1 aromatic heterocycles. The second-order valence-electron chi connectivity index (χ2n) is 22.8. The van der Waals surface area contributed by atoms with Crippen LogP contribution in [0.2, 0.25) is 0 Å². The van der Waals surface area contributed by atoms with Gasteiger partial charge in [0.15, 0.2) is 17.8 Å². The van der Waals surface area contributed by atoms with Crippen molar-refractivity contribution in [3.8, 4) is 0 Å². The Kier molecular flexibility index (Phi) is 40.5. The van der Waals surface area contributed by atoms with E-state index < -0.39 is 17.9 Å². The van der Waals surface area contributed by atoms with E-state index in [0.29, 0.717) is 54.7 Å². The van der Waals surface area contributed by atoms with Crippen molar-refractivity contribution in [1.29, 1.82) is 0 Å².